The summed E-state index contributed by atoms with van der Waals surface area (Å²) in [5, 5.41) is 3.73. The molecule has 1 heterocycles. The van der Waals surface area contributed by atoms with Crippen LogP contribution in [0.1, 0.15) is 13.8 Å². The zero-order valence-electron chi connectivity index (χ0n) is 14.7. The zero-order valence-corrected chi connectivity index (χ0v) is 15.5. The van der Waals surface area contributed by atoms with Crippen molar-refractivity contribution in [3.05, 3.63) is 29.3 Å². The van der Waals surface area contributed by atoms with Crippen LogP contribution in [0, 0.1) is 5.92 Å². The van der Waals surface area contributed by atoms with Crippen molar-refractivity contribution in [2.45, 2.75) is 13.8 Å². The maximum atomic E-state index is 11.9. The van der Waals surface area contributed by atoms with E-state index in [1.54, 1.807) is 4.90 Å². The molecule has 0 atom stereocenters. The van der Waals surface area contributed by atoms with E-state index in [1.807, 2.05) is 24.3 Å². The van der Waals surface area contributed by atoms with Crippen LogP contribution in [0.3, 0.4) is 0 Å². The smallest absolute Gasteiger partial charge is 0.275 e. The predicted molar refractivity (Wildman–Crippen MR) is 95.9 cm³/mol. The third-order valence-electron chi connectivity index (χ3n) is 4.32. The SMILES string of the molecule is CC(C)CNC(=O)C[NH+]1CC[NH+](CCOc2ccc(Cl)cc2)CC1. The van der Waals surface area contributed by atoms with Gasteiger partial charge in [0.05, 0.1) is 0 Å². The van der Waals surface area contributed by atoms with Crippen LogP contribution in [0.5, 0.6) is 5.75 Å². The second-order valence-corrected chi connectivity index (χ2v) is 7.36. The minimum Gasteiger partial charge on any atom is -0.488 e. The monoisotopic (exact) mass is 355 g/mol. The summed E-state index contributed by atoms with van der Waals surface area (Å²) in [7, 11) is 0. The van der Waals surface area contributed by atoms with E-state index in [-0.39, 0.29) is 5.91 Å². The number of carbonyl (C=O) groups is 1. The van der Waals surface area contributed by atoms with E-state index >= 15 is 0 Å². The predicted octanol–water partition coefficient (Wildman–Crippen LogP) is -0.726. The van der Waals surface area contributed by atoms with Gasteiger partial charge in [0.25, 0.3) is 5.91 Å². The Morgan fingerprint density at radius 1 is 1.17 bits per heavy atom. The Balaban J connectivity index is 1.59. The molecule has 0 aromatic heterocycles. The van der Waals surface area contributed by atoms with Crippen LogP contribution < -0.4 is 19.9 Å². The number of hydrogen-bond donors (Lipinski definition) is 3. The summed E-state index contributed by atoms with van der Waals surface area (Å²) < 4.78 is 5.76. The maximum Gasteiger partial charge on any atom is 0.275 e. The van der Waals surface area contributed by atoms with Crippen molar-refractivity contribution in [3.63, 3.8) is 0 Å². The molecule has 1 saturated heterocycles. The molecule has 24 heavy (non-hydrogen) atoms. The topological polar surface area (TPSA) is 47.2 Å². The number of amides is 1. The first-order chi connectivity index (χ1) is 11.5. The third-order valence-corrected chi connectivity index (χ3v) is 4.57. The quantitative estimate of drug-likeness (QED) is 0.576. The van der Waals surface area contributed by atoms with Gasteiger partial charge in [0.15, 0.2) is 6.54 Å². The lowest BCUT2D eigenvalue weighted by Crippen LogP contribution is -3.28. The number of hydrogen-bond acceptors (Lipinski definition) is 2. The van der Waals surface area contributed by atoms with E-state index in [0.717, 1.165) is 50.0 Å². The molecule has 6 heteroatoms. The molecule has 1 amide bonds. The highest BCUT2D eigenvalue weighted by atomic mass is 35.5. The summed E-state index contributed by atoms with van der Waals surface area (Å²) in [6, 6.07) is 7.48. The van der Waals surface area contributed by atoms with Crippen LogP contribution in [-0.4, -0.2) is 58.3 Å². The van der Waals surface area contributed by atoms with E-state index in [1.165, 1.54) is 4.90 Å². The van der Waals surface area contributed by atoms with Crippen molar-refractivity contribution in [1.82, 2.24) is 5.32 Å². The van der Waals surface area contributed by atoms with Crippen LogP contribution >= 0.6 is 11.6 Å². The highest BCUT2D eigenvalue weighted by Crippen LogP contribution is 2.14. The first-order valence-electron chi connectivity index (χ1n) is 8.85. The molecule has 1 aliphatic rings. The maximum absolute atomic E-state index is 11.9. The van der Waals surface area contributed by atoms with Gasteiger partial charge in [-0.15, -0.1) is 0 Å². The second kappa shape index (κ2) is 9.87. The van der Waals surface area contributed by atoms with E-state index in [9.17, 15) is 4.79 Å². The Morgan fingerprint density at radius 3 is 2.42 bits per heavy atom. The highest BCUT2D eigenvalue weighted by molar-refractivity contribution is 6.30. The lowest BCUT2D eigenvalue weighted by atomic mass is 10.2. The first kappa shape index (κ1) is 19.0. The van der Waals surface area contributed by atoms with Crippen molar-refractivity contribution in [2.75, 3.05) is 52.4 Å². The number of rotatable bonds is 8. The van der Waals surface area contributed by atoms with Gasteiger partial charge in [0.2, 0.25) is 0 Å². The van der Waals surface area contributed by atoms with Gasteiger partial charge in [0.1, 0.15) is 45.1 Å². The molecular formula is C18H30ClN3O2+2. The van der Waals surface area contributed by atoms with E-state index < -0.39 is 0 Å². The van der Waals surface area contributed by atoms with Gasteiger partial charge < -0.3 is 19.9 Å². The van der Waals surface area contributed by atoms with Crippen molar-refractivity contribution < 1.29 is 19.3 Å². The lowest BCUT2D eigenvalue weighted by Gasteiger charge is -2.29. The Bertz CT molecular complexity index is 499. The number of carbonyl (C=O) groups excluding carboxylic acids is 1. The standard InChI is InChI=1S/C18H28ClN3O2/c1-15(2)13-20-18(23)14-22-9-7-21(8-10-22)11-12-24-17-5-3-16(19)4-6-17/h3-6,15H,7-14H2,1-2H3,(H,20,23)/p+2. The molecule has 0 aliphatic carbocycles. The van der Waals surface area contributed by atoms with Gasteiger partial charge >= 0.3 is 0 Å². The number of nitrogens with one attached hydrogen (secondary N) is 3. The number of piperazine rings is 1. The Hall–Kier alpha value is -1.30. The minimum atomic E-state index is 0.174. The molecule has 1 aromatic carbocycles. The molecule has 0 spiro atoms. The summed E-state index contributed by atoms with van der Waals surface area (Å²) >= 11 is 5.86. The number of ether oxygens (including phenoxy) is 1. The molecule has 134 valence electrons. The summed E-state index contributed by atoms with van der Waals surface area (Å²) in [6.45, 7) is 11.6. The van der Waals surface area contributed by atoms with Gasteiger partial charge in [-0.05, 0) is 30.2 Å². The highest BCUT2D eigenvalue weighted by Gasteiger charge is 2.24. The Kier molecular flexibility index (Phi) is 7.82. The fraction of sp³-hybridized carbons (Fsp3) is 0.611. The molecule has 0 radical (unpaired) electrons. The number of halogens is 1. The van der Waals surface area contributed by atoms with Gasteiger partial charge in [0, 0.05) is 11.6 Å². The van der Waals surface area contributed by atoms with Crippen LogP contribution in [0.4, 0.5) is 0 Å². The average Bonchev–Trinajstić information content (AvgIpc) is 2.56. The lowest BCUT2D eigenvalue weighted by molar-refractivity contribution is -1.01. The molecule has 0 saturated carbocycles. The van der Waals surface area contributed by atoms with Crippen LogP contribution in [0.2, 0.25) is 5.02 Å². The van der Waals surface area contributed by atoms with Crippen molar-refractivity contribution >= 4 is 17.5 Å². The van der Waals surface area contributed by atoms with Gasteiger partial charge in [-0.3, -0.25) is 4.79 Å². The van der Waals surface area contributed by atoms with E-state index in [4.69, 9.17) is 16.3 Å². The van der Waals surface area contributed by atoms with Gasteiger partial charge in [-0.2, -0.15) is 0 Å². The van der Waals surface area contributed by atoms with E-state index in [0.29, 0.717) is 19.1 Å². The minimum absolute atomic E-state index is 0.174. The molecule has 1 aliphatic heterocycles. The van der Waals surface area contributed by atoms with Crippen molar-refractivity contribution in [3.8, 4) is 5.75 Å². The first-order valence-corrected chi connectivity index (χ1v) is 9.23. The average molecular weight is 356 g/mol. The van der Waals surface area contributed by atoms with Crippen molar-refractivity contribution in [1.29, 1.82) is 0 Å². The van der Waals surface area contributed by atoms with Crippen LogP contribution in [0.15, 0.2) is 24.3 Å². The summed E-state index contributed by atoms with van der Waals surface area (Å²) in [5.74, 6) is 1.55. The number of quaternary nitrogens is 2. The van der Waals surface area contributed by atoms with Crippen LogP contribution in [-0.2, 0) is 4.79 Å². The second-order valence-electron chi connectivity index (χ2n) is 6.93. The molecule has 0 unspecified atom stereocenters. The molecule has 0 bridgehead atoms. The van der Waals surface area contributed by atoms with E-state index in [2.05, 4.69) is 19.2 Å². The molecule has 3 N–H and O–H groups in total. The summed E-state index contributed by atoms with van der Waals surface area (Å²) in [4.78, 5) is 14.8. The fourth-order valence-electron chi connectivity index (χ4n) is 2.84. The zero-order chi connectivity index (χ0) is 17.4. The normalized spacial score (nSPS) is 20.8. The molecule has 2 rings (SSSR count). The molecule has 1 aromatic rings. The Labute approximate surface area is 149 Å². The van der Waals surface area contributed by atoms with Crippen molar-refractivity contribution in [2.24, 2.45) is 5.92 Å². The molecular weight excluding hydrogens is 326 g/mol. The largest absolute Gasteiger partial charge is 0.488 e. The molecule has 1 fully saturated rings. The van der Waals surface area contributed by atoms with Gasteiger partial charge in [-0.1, -0.05) is 25.4 Å². The third kappa shape index (κ3) is 7.07. The number of benzene rings is 1. The van der Waals surface area contributed by atoms with Crippen LogP contribution in [0.25, 0.3) is 0 Å². The fourth-order valence-corrected chi connectivity index (χ4v) is 2.96. The summed E-state index contributed by atoms with van der Waals surface area (Å²) in [5.41, 5.74) is 0. The summed E-state index contributed by atoms with van der Waals surface area (Å²) in [6.07, 6.45) is 0. The Morgan fingerprint density at radius 2 is 1.79 bits per heavy atom. The molecule has 5 nitrogen and oxygen atoms in total. The van der Waals surface area contributed by atoms with Gasteiger partial charge in [-0.25, -0.2) is 0 Å².